The molecule has 2 aromatic carbocycles. The second-order valence-electron chi connectivity index (χ2n) is 6.02. The zero-order valence-corrected chi connectivity index (χ0v) is 16.8. The summed E-state index contributed by atoms with van der Waals surface area (Å²) in [7, 11) is -5.12. The number of para-hydroxylation sites is 2. The average Bonchev–Trinajstić information content (AvgIpc) is 2.62. The van der Waals surface area contributed by atoms with Gasteiger partial charge in [-0.05, 0) is 44.0 Å². The molecule has 0 fully saturated rings. The van der Waals surface area contributed by atoms with Crippen LogP contribution in [0.4, 0.5) is 0 Å². The van der Waals surface area contributed by atoms with Crippen molar-refractivity contribution in [2.24, 2.45) is 0 Å². The molecular formula is C19H24NO7P. The van der Waals surface area contributed by atoms with E-state index in [4.69, 9.17) is 14.2 Å². The van der Waals surface area contributed by atoms with Crippen molar-refractivity contribution < 1.29 is 33.4 Å². The Balaban J connectivity index is 2.48. The Kier molecular flexibility index (Phi) is 7.21. The summed E-state index contributed by atoms with van der Waals surface area (Å²) < 4.78 is 28.7. The van der Waals surface area contributed by atoms with Gasteiger partial charge in [-0.15, -0.1) is 0 Å². The van der Waals surface area contributed by atoms with E-state index in [1.54, 1.807) is 69.3 Å². The lowest BCUT2D eigenvalue weighted by Crippen LogP contribution is -2.56. The Hall–Kier alpha value is -2.38. The minimum absolute atomic E-state index is 0.126. The van der Waals surface area contributed by atoms with Crippen molar-refractivity contribution in [3.8, 4) is 11.5 Å². The molecule has 152 valence electrons. The molecule has 3 N–H and O–H groups in total. The third-order valence-electron chi connectivity index (χ3n) is 3.83. The number of carbonyl (C=O) groups excluding carboxylic acids is 1. The highest BCUT2D eigenvalue weighted by atomic mass is 31.2. The molecule has 2 aromatic rings. The molecule has 0 radical (unpaired) electrons. The standard InChI is InChI=1S/C19H24NO7P/c1-4-25-18(21)13-20-19(28(22,23)24,26-16-11-7-5-9-14(16)2)27-17-12-8-6-10-15(17)3/h5-12,20H,4,13H2,1-3H3,(H2,22,23,24). The number of hydrogen-bond donors (Lipinski definition) is 3. The number of benzene rings is 2. The van der Waals surface area contributed by atoms with Gasteiger partial charge >= 0.3 is 19.2 Å². The summed E-state index contributed by atoms with van der Waals surface area (Å²) in [6.45, 7) is 4.66. The molecule has 0 aliphatic heterocycles. The maximum Gasteiger partial charge on any atom is 0.428 e. The van der Waals surface area contributed by atoms with Crippen LogP contribution in [0.25, 0.3) is 0 Å². The highest BCUT2D eigenvalue weighted by Crippen LogP contribution is 2.51. The van der Waals surface area contributed by atoms with Gasteiger partial charge in [0, 0.05) is 0 Å². The number of rotatable bonds is 9. The predicted molar refractivity (Wildman–Crippen MR) is 103 cm³/mol. The second-order valence-corrected chi connectivity index (χ2v) is 7.70. The first-order chi connectivity index (χ1) is 13.2. The van der Waals surface area contributed by atoms with Gasteiger partial charge in [-0.1, -0.05) is 36.4 Å². The quantitative estimate of drug-likeness (QED) is 0.329. The van der Waals surface area contributed by atoms with E-state index in [-0.39, 0.29) is 18.1 Å². The zero-order chi connectivity index (χ0) is 20.8. The number of hydrogen-bond acceptors (Lipinski definition) is 6. The van der Waals surface area contributed by atoms with Crippen LogP contribution in [0.2, 0.25) is 0 Å². The highest BCUT2D eigenvalue weighted by Gasteiger charge is 2.54. The van der Waals surface area contributed by atoms with Crippen molar-refractivity contribution in [3.05, 3.63) is 59.7 Å². The Morgan fingerprint density at radius 1 is 1.00 bits per heavy atom. The first kappa shape index (κ1) is 21.9. The fourth-order valence-corrected chi connectivity index (χ4v) is 3.07. The highest BCUT2D eigenvalue weighted by molar-refractivity contribution is 7.53. The van der Waals surface area contributed by atoms with Crippen LogP contribution in [-0.2, 0) is 14.1 Å². The Bertz CT molecular complexity index is 817. The molecule has 0 saturated carbocycles. The fraction of sp³-hybridized carbons (Fsp3) is 0.316. The molecular weight excluding hydrogens is 385 g/mol. The Labute approximate surface area is 163 Å². The summed E-state index contributed by atoms with van der Waals surface area (Å²) in [6, 6.07) is 13.4. The van der Waals surface area contributed by atoms with Crippen LogP contribution < -0.4 is 14.8 Å². The summed E-state index contributed by atoms with van der Waals surface area (Å²) in [4.78, 5) is 32.0. The van der Waals surface area contributed by atoms with Gasteiger partial charge < -0.3 is 24.0 Å². The summed E-state index contributed by atoms with van der Waals surface area (Å²) in [5, 5.41) is 2.43. The van der Waals surface area contributed by atoms with Crippen molar-refractivity contribution in [3.63, 3.8) is 0 Å². The summed E-state index contributed by atoms with van der Waals surface area (Å²) >= 11 is 0. The molecule has 0 unspecified atom stereocenters. The van der Waals surface area contributed by atoms with Crippen LogP contribution in [0.3, 0.4) is 0 Å². The molecule has 0 bridgehead atoms. The molecule has 0 aliphatic rings. The monoisotopic (exact) mass is 409 g/mol. The molecule has 0 amide bonds. The van der Waals surface area contributed by atoms with Gasteiger partial charge in [-0.2, -0.15) is 0 Å². The summed E-state index contributed by atoms with van der Waals surface area (Å²) in [6.07, 6.45) is 0. The van der Waals surface area contributed by atoms with Crippen molar-refractivity contribution in [2.75, 3.05) is 13.2 Å². The van der Waals surface area contributed by atoms with E-state index in [1.165, 1.54) is 0 Å². The predicted octanol–water partition coefficient (Wildman–Crippen LogP) is 2.70. The Morgan fingerprint density at radius 2 is 1.46 bits per heavy atom. The lowest BCUT2D eigenvalue weighted by atomic mass is 10.2. The van der Waals surface area contributed by atoms with E-state index >= 15 is 0 Å². The first-order valence-corrected chi connectivity index (χ1v) is 10.3. The second kappa shape index (κ2) is 9.21. The van der Waals surface area contributed by atoms with Crippen LogP contribution in [0.5, 0.6) is 11.5 Å². The number of carbonyl (C=O) groups is 1. The van der Waals surface area contributed by atoms with E-state index < -0.39 is 25.8 Å². The minimum atomic E-state index is -5.12. The molecule has 0 aromatic heterocycles. The van der Waals surface area contributed by atoms with E-state index in [0.29, 0.717) is 11.1 Å². The maximum absolute atomic E-state index is 12.5. The molecule has 0 atom stereocenters. The minimum Gasteiger partial charge on any atom is -0.465 e. The Morgan fingerprint density at radius 3 is 1.86 bits per heavy atom. The van der Waals surface area contributed by atoms with Gasteiger partial charge in [0.05, 0.1) is 6.61 Å². The normalized spacial score (nSPS) is 11.8. The van der Waals surface area contributed by atoms with Gasteiger partial charge in [-0.3, -0.25) is 4.79 Å². The molecule has 9 heteroatoms. The van der Waals surface area contributed by atoms with E-state index in [2.05, 4.69) is 5.32 Å². The molecule has 0 aliphatic carbocycles. The van der Waals surface area contributed by atoms with Crippen LogP contribution in [0.15, 0.2) is 48.5 Å². The van der Waals surface area contributed by atoms with Gasteiger partial charge in [-0.25, -0.2) is 9.88 Å². The van der Waals surface area contributed by atoms with Crippen molar-refractivity contribution in [1.29, 1.82) is 0 Å². The smallest absolute Gasteiger partial charge is 0.428 e. The van der Waals surface area contributed by atoms with Crippen molar-refractivity contribution in [1.82, 2.24) is 5.32 Å². The lowest BCUT2D eigenvalue weighted by Gasteiger charge is -2.35. The molecule has 0 heterocycles. The van der Waals surface area contributed by atoms with Crippen LogP contribution in [0, 0.1) is 13.8 Å². The average molecular weight is 409 g/mol. The van der Waals surface area contributed by atoms with E-state index in [1.807, 2.05) is 0 Å². The zero-order valence-electron chi connectivity index (χ0n) is 15.9. The number of ether oxygens (including phenoxy) is 3. The van der Waals surface area contributed by atoms with Crippen LogP contribution in [0.1, 0.15) is 18.1 Å². The molecule has 28 heavy (non-hydrogen) atoms. The summed E-state index contributed by atoms with van der Waals surface area (Å²) in [5.74, 6) is -0.325. The first-order valence-electron chi connectivity index (χ1n) is 8.64. The van der Waals surface area contributed by atoms with Gasteiger partial charge in [0.25, 0.3) is 0 Å². The van der Waals surface area contributed by atoms with Gasteiger partial charge in [0.2, 0.25) is 0 Å². The molecule has 0 saturated heterocycles. The fourth-order valence-electron chi connectivity index (χ4n) is 2.35. The number of esters is 1. The van der Waals surface area contributed by atoms with E-state index in [0.717, 1.165) is 0 Å². The van der Waals surface area contributed by atoms with Crippen molar-refractivity contribution in [2.45, 2.75) is 26.4 Å². The topological polar surface area (TPSA) is 114 Å². The largest absolute Gasteiger partial charge is 0.465 e. The number of nitrogens with one attached hydrogen (secondary N) is 1. The SMILES string of the molecule is CCOC(=O)CNC(Oc1ccccc1C)(Oc1ccccc1C)P(=O)(O)O. The van der Waals surface area contributed by atoms with Gasteiger partial charge in [0.1, 0.15) is 18.0 Å². The van der Waals surface area contributed by atoms with Crippen LogP contribution in [-0.4, -0.2) is 34.6 Å². The van der Waals surface area contributed by atoms with Gasteiger partial charge in [0.15, 0.2) is 0 Å². The molecule has 2 rings (SSSR count). The van der Waals surface area contributed by atoms with Crippen LogP contribution >= 0.6 is 7.60 Å². The maximum atomic E-state index is 12.5. The lowest BCUT2D eigenvalue weighted by molar-refractivity contribution is -0.146. The van der Waals surface area contributed by atoms with E-state index in [9.17, 15) is 19.1 Å². The molecule has 0 spiro atoms. The third-order valence-corrected chi connectivity index (χ3v) is 4.94. The number of aryl methyl sites for hydroxylation is 2. The molecule has 8 nitrogen and oxygen atoms in total. The summed E-state index contributed by atoms with van der Waals surface area (Å²) in [5.41, 5.74) is -1.36. The van der Waals surface area contributed by atoms with Crippen molar-refractivity contribution >= 4 is 13.6 Å². The third kappa shape index (κ3) is 5.33.